The number of nitrogens with one attached hydrogen (secondary N) is 1. The third-order valence-electron chi connectivity index (χ3n) is 1.91. The van der Waals surface area contributed by atoms with Crippen LogP contribution in [0.4, 0.5) is 13.2 Å². The number of hydrogen-bond acceptors (Lipinski definition) is 3. The monoisotopic (exact) mass is 249 g/mol. The Bertz CT molecular complexity index is 342. The Hall–Kier alpha value is -1.43. The van der Waals surface area contributed by atoms with Crippen LogP contribution in [0.1, 0.15) is 0 Å². The van der Waals surface area contributed by atoms with Gasteiger partial charge in [-0.2, -0.15) is 13.2 Å². The molecule has 6 heteroatoms. The van der Waals surface area contributed by atoms with Crippen molar-refractivity contribution in [2.24, 2.45) is 0 Å². The van der Waals surface area contributed by atoms with E-state index in [9.17, 15) is 13.2 Å². The highest BCUT2D eigenvalue weighted by molar-refractivity contribution is 5.32. The lowest BCUT2D eigenvalue weighted by atomic mass is 10.3. The molecule has 0 bridgehead atoms. The van der Waals surface area contributed by atoms with Crippen LogP contribution in [-0.2, 0) is 0 Å². The van der Waals surface area contributed by atoms with Crippen molar-refractivity contribution in [3.8, 4) is 11.5 Å². The van der Waals surface area contributed by atoms with Crippen LogP contribution in [0.5, 0.6) is 11.5 Å². The number of methoxy groups -OCH3 is 1. The summed E-state index contributed by atoms with van der Waals surface area (Å²) in [5.41, 5.74) is 0. The largest absolute Gasteiger partial charge is 0.497 e. The predicted octanol–water partition coefficient (Wildman–Crippen LogP) is 2.23. The van der Waals surface area contributed by atoms with Gasteiger partial charge in [-0.25, -0.2) is 0 Å². The van der Waals surface area contributed by atoms with Crippen molar-refractivity contribution in [3.63, 3.8) is 0 Å². The van der Waals surface area contributed by atoms with E-state index in [1.165, 1.54) is 7.11 Å². The zero-order chi connectivity index (χ0) is 12.7. The number of rotatable bonds is 6. The van der Waals surface area contributed by atoms with Crippen LogP contribution >= 0.6 is 0 Å². The molecule has 0 unspecified atom stereocenters. The lowest BCUT2D eigenvalue weighted by Gasteiger charge is -2.10. The minimum Gasteiger partial charge on any atom is -0.497 e. The Morgan fingerprint density at radius 1 is 1.24 bits per heavy atom. The molecule has 17 heavy (non-hydrogen) atoms. The van der Waals surface area contributed by atoms with Gasteiger partial charge in [0.25, 0.3) is 0 Å². The first-order valence-electron chi connectivity index (χ1n) is 5.05. The molecule has 0 aromatic heterocycles. The van der Waals surface area contributed by atoms with Gasteiger partial charge in [-0.1, -0.05) is 6.07 Å². The summed E-state index contributed by atoms with van der Waals surface area (Å²) in [6.45, 7) is -0.700. The second-order valence-corrected chi connectivity index (χ2v) is 3.32. The number of benzene rings is 1. The van der Waals surface area contributed by atoms with Crippen molar-refractivity contribution in [2.45, 2.75) is 6.18 Å². The van der Waals surface area contributed by atoms with E-state index in [0.29, 0.717) is 11.5 Å². The van der Waals surface area contributed by atoms with Gasteiger partial charge in [-0.05, 0) is 12.1 Å². The van der Waals surface area contributed by atoms with E-state index < -0.39 is 12.7 Å². The van der Waals surface area contributed by atoms with Crippen molar-refractivity contribution >= 4 is 0 Å². The van der Waals surface area contributed by atoms with Crippen LogP contribution in [0.3, 0.4) is 0 Å². The summed E-state index contributed by atoms with van der Waals surface area (Å²) in [5.74, 6) is 1.21. The highest BCUT2D eigenvalue weighted by atomic mass is 19.4. The zero-order valence-corrected chi connectivity index (χ0v) is 9.38. The topological polar surface area (TPSA) is 30.5 Å². The molecule has 0 fully saturated rings. The Kier molecular flexibility index (Phi) is 5.09. The maximum Gasteiger partial charge on any atom is 0.401 e. The van der Waals surface area contributed by atoms with E-state index in [1.54, 1.807) is 24.3 Å². The number of hydrogen-bond donors (Lipinski definition) is 1. The molecule has 0 saturated carbocycles. The van der Waals surface area contributed by atoms with Gasteiger partial charge in [-0.3, -0.25) is 0 Å². The molecule has 0 heterocycles. The number of halogens is 3. The Labute approximate surface area is 97.5 Å². The van der Waals surface area contributed by atoms with Gasteiger partial charge in [0.1, 0.15) is 18.1 Å². The molecule has 96 valence electrons. The van der Waals surface area contributed by atoms with E-state index in [4.69, 9.17) is 9.47 Å². The van der Waals surface area contributed by atoms with Gasteiger partial charge in [-0.15, -0.1) is 0 Å². The van der Waals surface area contributed by atoms with E-state index in [2.05, 4.69) is 5.32 Å². The highest BCUT2D eigenvalue weighted by Crippen LogP contribution is 2.18. The third-order valence-corrected chi connectivity index (χ3v) is 1.91. The maximum absolute atomic E-state index is 11.8. The summed E-state index contributed by atoms with van der Waals surface area (Å²) in [7, 11) is 1.53. The summed E-state index contributed by atoms with van der Waals surface area (Å²) in [4.78, 5) is 0. The van der Waals surface area contributed by atoms with Crippen molar-refractivity contribution in [2.75, 3.05) is 26.8 Å². The SMILES string of the molecule is COc1cccc(OCCNCC(F)(F)F)c1. The normalized spacial score (nSPS) is 11.3. The summed E-state index contributed by atoms with van der Waals surface area (Å²) in [5, 5.41) is 2.24. The van der Waals surface area contributed by atoms with E-state index in [-0.39, 0.29) is 13.2 Å². The van der Waals surface area contributed by atoms with Crippen LogP contribution in [0.2, 0.25) is 0 Å². The molecule has 1 rings (SSSR count). The molecule has 1 aromatic carbocycles. The molecular weight excluding hydrogens is 235 g/mol. The Morgan fingerprint density at radius 2 is 1.94 bits per heavy atom. The second kappa shape index (κ2) is 6.34. The molecule has 0 amide bonds. The first kappa shape index (κ1) is 13.6. The van der Waals surface area contributed by atoms with E-state index in [1.807, 2.05) is 0 Å². The molecule has 0 aliphatic carbocycles. The lowest BCUT2D eigenvalue weighted by molar-refractivity contribution is -0.124. The molecule has 0 aliphatic heterocycles. The lowest BCUT2D eigenvalue weighted by Crippen LogP contribution is -2.31. The van der Waals surface area contributed by atoms with Crippen LogP contribution in [0.15, 0.2) is 24.3 Å². The minimum absolute atomic E-state index is 0.136. The van der Waals surface area contributed by atoms with Gasteiger partial charge in [0.15, 0.2) is 0 Å². The average Bonchev–Trinajstić information content (AvgIpc) is 2.27. The summed E-state index contributed by atoms with van der Waals surface area (Å²) in [6, 6.07) is 6.89. The van der Waals surface area contributed by atoms with Crippen LogP contribution in [0.25, 0.3) is 0 Å². The van der Waals surface area contributed by atoms with Gasteiger partial charge in [0, 0.05) is 12.6 Å². The second-order valence-electron chi connectivity index (χ2n) is 3.32. The molecule has 0 aliphatic rings. The molecular formula is C11H14F3NO2. The van der Waals surface area contributed by atoms with Gasteiger partial charge in [0.05, 0.1) is 13.7 Å². The van der Waals surface area contributed by atoms with Gasteiger partial charge < -0.3 is 14.8 Å². The van der Waals surface area contributed by atoms with Gasteiger partial charge in [0.2, 0.25) is 0 Å². The smallest absolute Gasteiger partial charge is 0.401 e. The van der Waals surface area contributed by atoms with Crippen LogP contribution in [-0.4, -0.2) is 33.0 Å². The molecule has 0 atom stereocenters. The first-order valence-corrected chi connectivity index (χ1v) is 5.05. The van der Waals surface area contributed by atoms with Crippen molar-refractivity contribution in [1.29, 1.82) is 0 Å². The molecule has 1 aromatic rings. The molecule has 1 N–H and O–H groups in total. The maximum atomic E-state index is 11.8. The zero-order valence-electron chi connectivity index (χ0n) is 9.38. The highest BCUT2D eigenvalue weighted by Gasteiger charge is 2.25. The fourth-order valence-corrected chi connectivity index (χ4v) is 1.16. The fraction of sp³-hybridized carbons (Fsp3) is 0.455. The predicted molar refractivity (Wildman–Crippen MR) is 57.4 cm³/mol. The third kappa shape index (κ3) is 6.01. The summed E-state index contributed by atoms with van der Waals surface area (Å²) in [6.07, 6.45) is -4.18. The first-order chi connectivity index (χ1) is 8.01. The standard InChI is InChI=1S/C11H14F3NO2/c1-16-9-3-2-4-10(7-9)17-6-5-15-8-11(12,13)14/h2-4,7,15H,5-6,8H2,1H3. The van der Waals surface area contributed by atoms with Crippen molar-refractivity contribution in [1.82, 2.24) is 5.32 Å². The van der Waals surface area contributed by atoms with Crippen LogP contribution < -0.4 is 14.8 Å². The Morgan fingerprint density at radius 3 is 2.59 bits per heavy atom. The number of alkyl halides is 3. The fourth-order valence-electron chi connectivity index (χ4n) is 1.16. The quantitative estimate of drug-likeness (QED) is 0.784. The molecule has 0 spiro atoms. The number of ether oxygens (including phenoxy) is 2. The van der Waals surface area contributed by atoms with Crippen molar-refractivity contribution in [3.05, 3.63) is 24.3 Å². The summed E-state index contributed by atoms with van der Waals surface area (Å²) < 4.78 is 45.6. The molecule has 0 radical (unpaired) electrons. The van der Waals surface area contributed by atoms with E-state index >= 15 is 0 Å². The van der Waals surface area contributed by atoms with Crippen molar-refractivity contribution < 1.29 is 22.6 Å². The van der Waals surface area contributed by atoms with Crippen LogP contribution in [0, 0.1) is 0 Å². The Balaban J connectivity index is 2.22. The molecule has 3 nitrogen and oxygen atoms in total. The average molecular weight is 249 g/mol. The molecule has 0 saturated heterocycles. The minimum atomic E-state index is -4.18. The van der Waals surface area contributed by atoms with E-state index in [0.717, 1.165) is 0 Å². The van der Waals surface area contributed by atoms with Gasteiger partial charge >= 0.3 is 6.18 Å². The summed E-state index contributed by atoms with van der Waals surface area (Å²) >= 11 is 0.